The van der Waals surface area contributed by atoms with E-state index in [4.69, 9.17) is 5.84 Å². The largest absolute Gasteiger partial charge is 0.451 e. The lowest BCUT2D eigenvalue weighted by molar-refractivity contribution is -0.126. The SMILES string of the molecule is C=C1CN(C(=O)/C=C/Cc2cc(F)c(F)cc2F)CCN1/C(=N\N)C(F)(F)F. The number of nitrogens with zero attached hydrogens (tertiary/aromatic N) is 3. The number of hydrazone groups is 1. The first-order valence-corrected chi connectivity index (χ1v) is 7.93. The third kappa shape index (κ3) is 4.84. The van der Waals surface area contributed by atoms with Crippen LogP contribution in [-0.4, -0.2) is 47.4 Å². The number of hydrogen-bond donors (Lipinski definition) is 1. The summed E-state index contributed by atoms with van der Waals surface area (Å²) in [6.45, 7) is 3.04. The lowest BCUT2D eigenvalue weighted by Crippen LogP contribution is -2.52. The Morgan fingerprint density at radius 2 is 1.82 bits per heavy atom. The zero-order valence-electron chi connectivity index (χ0n) is 14.4. The van der Waals surface area contributed by atoms with Crippen molar-refractivity contribution < 1.29 is 31.1 Å². The van der Waals surface area contributed by atoms with E-state index in [1.807, 2.05) is 0 Å². The molecule has 0 spiro atoms. The molecule has 2 rings (SSSR count). The molecule has 1 aliphatic heterocycles. The molecular weight excluding hydrogens is 390 g/mol. The standard InChI is InChI=1S/C17H16F6N4O/c1-10-9-26(5-6-27(10)16(25-24)17(21,22)23)15(28)4-2-3-11-7-13(19)14(20)8-12(11)18/h2,4,7-8H,1,3,5-6,9,24H2/b4-2+,25-16-. The van der Waals surface area contributed by atoms with Crippen LogP contribution in [0.3, 0.4) is 0 Å². The molecule has 1 heterocycles. The van der Waals surface area contributed by atoms with Crippen LogP contribution in [0.5, 0.6) is 0 Å². The molecule has 11 heteroatoms. The fraction of sp³-hybridized carbons (Fsp3) is 0.294. The van der Waals surface area contributed by atoms with E-state index in [1.165, 1.54) is 11.0 Å². The van der Waals surface area contributed by atoms with E-state index in [1.54, 1.807) is 0 Å². The fourth-order valence-corrected chi connectivity index (χ4v) is 2.62. The Morgan fingerprint density at radius 1 is 1.18 bits per heavy atom. The van der Waals surface area contributed by atoms with Crippen molar-refractivity contribution in [1.29, 1.82) is 0 Å². The van der Waals surface area contributed by atoms with Crippen molar-refractivity contribution in [3.63, 3.8) is 0 Å². The molecule has 1 saturated heterocycles. The van der Waals surface area contributed by atoms with Gasteiger partial charge in [-0.3, -0.25) is 4.79 Å². The van der Waals surface area contributed by atoms with Crippen molar-refractivity contribution in [2.75, 3.05) is 19.6 Å². The van der Waals surface area contributed by atoms with E-state index in [0.717, 1.165) is 11.0 Å². The second kappa shape index (κ2) is 8.36. The van der Waals surface area contributed by atoms with Crippen LogP contribution in [0.4, 0.5) is 26.3 Å². The van der Waals surface area contributed by atoms with Gasteiger partial charge in [-0.2, -0.15) is 18.3 Å². The number of allylic oxidation sites excluding steroid dienone is 1. The van der Waals surface area contributed by atoms with Crippen LogP contribution in [-0.2, 0) is 11.2 Å². The number of amidine groups is 1. The quantitative estimate of drug-likeness (QED) is 0.160. The molecule has 1 amide bonds. The zero-order chi connectivity index (χ0) is 21.1. The Labute approximate surface area is 156 Å². The molecule has 152 valence electrons. The summed E-state index contributed by atoms with van der Waals surface area (Å²) in [6, 6.07) is 1.09. The second-order valence-corrected chi connectivity index (χ2v) is 5.89. The van der Waals surface area contributed by atoms with Crippen molar-refractivity contribution >= 4 is 11.7 Å². The minimum atomic E-state index is -4.77. The number of amides is 1. The Balaban J connectivity index is 1.99. The van der Waals surface area contributed by atoms with E-state index < -0.39 is 35.4 Å². The fourth-order valence-electron chi connectivity index (χ4n) is 2.62. The first-order chi connectivity index (χ1) is 13.0. The van der Waals surface area contributed by atoms with Gasteiger partial charge in [0, 0.05) is 24.9 Å². The lowest BCUT2D eigenvalue weighted by atomic mass is 10.1. The number of carbonyl (C=O) groups excluding carboxylic acids is 1. The first-order valence-electron chi connectivity index (χ1n) is 7.93. The van der Waals surface area contributed by atoms with Gasteiger partial charge in [-0.05, 0) is 24.1 Å². The summed E-state index contributed by atoms with van der Waals surface area (Å²) < 4.78 is 78.2. The molecule has 1 aliphatic rings. The highest BCUT2D eigenvalue weighted by atomic mass is 19.4. The van der Waals surface area contributed by atoms with Gasteiger partial charge >= 0.3 is 6.18 Å². The summed E-state index contributed by atoms with van der Waals surface area (Å²) in [7, 11) is 0. The average Bonchev–Trinajstić information content (AvgIpc) is 2.60. The van der Waals surface area contributed by atoms with Crippen LogP contribution in [0.1, 0.15) is 5.56 Å². The van der Waals surface area contributed by atoms with Crippen molar-refractivity contribution in [2.24, 2.45) is 10.9 Å². The Kier molecular flexibility index (Phi) is 6.37. The highest BCUT2D eigenvalue weighted by Gasteiger charge is 2.42. The van der Waals surface area contributed by atoms with Gasteiger partial charge in [0.1, 0.15) is 5.82 Å². The monoisotopic (exact) mass is 406 g/mol. The summed E-state index contributed by atoms with van der Waals surface area (Å²) in [5.74, 6) is -0.551. The van der Waals surface area contributed by atoms with Crippen LogP contribution in [0.25, 0.3) is 0 Å². The zero-order valence-corrected chi connectivity index (χ0v) is 14.4. The van der Waals surface area contributed by atoms with Crippen molar-refractivity contribution in [3.8, 4) is 0 Å². The first kappa shape index (κ1) is 21.3. The van der Waals surface area contributed by atoms with E-state index in [-0.39, 0.29) is 37.3 Å². The smallest absolute Gasteiger partial charge is 0.332 e. The minimum absolute atomic E-state index is 0.0267. The highest BCUT2D eigenvalue weighted by molar-refractivity contribution is 5.90. The molecule has 0 radical (unpaired) electrons. The molecule has 0 atom stereocenters. The van der Waals surface area contributed by atoms with E-state index >= 15 is 0 Å². The highest BCUT2D eigenvalue weighted by Crippen LogP contribution is 2.24. The molecular formula is C17H16F6N4O. The number of hydrogen-bond acceptors (Lipinski definition) is 3. The number of rotatable bonds is 3. The van der Waals surface area contributed by atoms with Crippen LogP contribution >= 0.6 is 0 Å². The maximum atomic E-state index is 13.5. The number of piperazine rings is 1. The predicted octanol–water partition coefficient (Wildman–Crippen LogP) is 2.70. The van der Waals surface area contributed by atoms with Crippen LogP contribution in [0.15, 0.2) is 41.7 Å². The van der Waals surface area contributed by atoms with Gasteiger partial charge in [0.25, 0.3) is 0 Å². The van der Waals surface area contributed by atoms with Crippen molar-refractivity contribution in [2.45, 2.75) is 12.6 Å². The van der Waals surface area contributed by atoms with E-state index in [0.29, 0.717) is 12.1 Å². The third-order valence-corrected chi connectivity index (χ3v) is 3.98. The van der Waals surface area contributed by atoms with E-state index in [2.05, 4.69) is 11.7 Å². The maximum Gasteiger partial charge on any atom is 0.451 e. The molecule has 1 aromatic carbocycles. The Morgan fingerprint density at radius 3 is 2.39 bits per heavy atom. The number of benzene rings is 1. The number of alkyl halides is 3. The molecule has 0 aliphatic carbocycles. The van der Waals surface area contributed by atoms with Gasteiger partial charge in [-0.15, -0.1) is 0 Å². The minimum Gasteiger partial charge on any atom is -0.332 e. The second-order valence-electron chi connectivity index (χ2n) is 5.89. The summed E-state index contributed by atoms with van der Waals surface area (Å²) in [6.07, 6.45) is -2.62. The van der Waals surface area contributed by atoms with E-state index in [9.17, 15) is 31.1 Å². The molecule has 1 fully saturated rings. The Bertz CT molecular complexity index is 834. The molecule has 1 aromatic rings. The van der Waals surface area contributed by atoms with Gasteiger partial charge < -0.3 is 15.6 Å². The lowest BCUT2D eigenvalue weighted by Gasteiger charge is -2.37. The van der Waals surface area contributed by atoms with Crippen LogP contribution in [0.2, 0.25) is 0 Å². The summed E-state index contributed by atoms with van der Waals surface area (Å²) in [5.41, 5.74) is -0.174. The van der Waals surface area contributed by atoms with Gasteiger partial charge in [0.2, 0.25) is 11.7 Å². The molecule has 28 heavy (non-hydrogen) atoms. The van der Waals surface area contributed by atoms with Crippen LogP contribution in [0, 0.1) is 17.5 Å². The topological polar surface area (TPSA) is 61.9 Å². The van der Waals surface area contributed by atoms with Gasteiger partial charge in [0.05, 0.1) is 6.54 Å². The Hall–Kier alpha value is -2.98. The normalized spacial score (nSPS) is 16.2. The van der Waals surface area contributed by atoms with Gasteiger partial charge in [0.15, 0.2) is 11.6 Å². The van der Waals surface area contributed by atoms with Gasteiger partial charge in [-0.1, -0.05) is 12.7 Å². The number of nitrogens with two attached hydrogens (primary N) is 1. The number of carbonyl (C=O) groups is 1. The molecule has 0 aromatic heterocycles. The third-order valence-electron chi connectivity index (χ3n) is 3.98. The molecule has 0 unspecified atom stereocenters. The number of halogens is 6. The maximum absolute atomic E-state index is 13.5. The summed E-state index contributed by atoms with van der Waals surface area (Å²) >= 11 is 0. The molecule has 5 nitrogen and oxygen atoms in total. The van der Waals surface area contributed by atoms with Crippen LogP contribution < -0.4 is 5.84 Å². The van der Waals surface area contributed by atoms with Crippen molar-refractivity contribution in [1.82, 2.24) is 9.80 Å². The predicted molar refractivity (Wildman–Crippen MR) is 89.3 cm³/mol. The molecule has 2 N–H and O–H groups in total. The van der Waals surface area contributed by atoms with Crippen molar-refractivity contribution in [3.05, 3.63) is 59.6 Å². The molecule has 0 saturated carbocycles. The van der Waals surface area contributed by atoms with Gasteiger partial charge in [-0.25, -0.2) is 13.2 Å². The molecule has 0 bridgehead atoms. The summed E-state index contributed by atoms with van der Waals surface area (Å²) in [5, 5.41) is 2.75. The average molecular weight is 406 g/mol. The summed E-state index contributed by atoms with van der Waals surface area (Å²) in [4.78, 5) is 14.2.